The van der Waals surface area contributed by atoms with Crippen molar-refractivity contribution >= 4 is 17.3 Å². The normalized spacial score (nSPS) is 20.3. The first kappa shape index (κ1) is 13.4. The molecule has 0 spiro atoms. The standard InChI is InChI=1S/C13H21N3OS/c1-13(2,17-3)7-10-8-15-12(14)16(10)9-11-5-4-6-18-11/h4-6,10H,7-9H2,1-3H3,(H2,14,15). The van der Waals surface area contributed by atoms with Gasteiger partial charge in [0.25, 0.3) is 0 Å². The summed E-state index contributed by atoms with van der Waals surface area (Å²) in [6, 6.07) is 4.54. The first-order valence-electron chi connectivity index (χ1n) is 6.16. The van der Waals surface area contributed by atoms with Crippen LogP contribution >= 0.6 is 11.3 Å². The molecule has 1 aromatic heterocycles. The van der Waals surface area contributed by atoms with Gasteiger partial charge in [-0.1, -0.05) is 6.07 Å². The zero-order chi connectivity index (χ0) is 13.2. The van der Waals surface area contributed by atoms with E-state index in [0.717, 1.165) is 19.5 Å². The molecule has 0 saturated carbocycles. The number of guanidine groups is 1. The monoisotopic (exact) mass is 267 g/mol. The van der Waals surface area contributed by atoms with Crippen molar-refractivity contribution in [2.75, 3.05) is 13.7 Å². The first-order chi connectivity index (χ1) is 8.52. The molecule has 18 heavy (non-hydrogen) atoms. The van der Waals surface area contributed by atoms with E-state index < -0.39 is 0 Å². The molecular formula is C13H21N3OS. The summed E-state index contributed by atoms with van der Waals surface area (Å²) in [5, 5.41) is 2.09. The second-order valence-corrected chi connectivity index (χ2v) is 6.26. The topological polar surface area (TPSA) is 50.9 Å². The van der Waals surface area contributed by atoms with E-state index in [0.29, 0.717) is 12.0 Å². The average Bonchev–Trinajstić information content (AvgIpc) is 2.94. The summed E-state index contributed by atoms with van der Waals surface area (Å²) in [7, 11) is 1.75. The molecule has 1 unspecified atom stereocenters. The quantitative estimate of drug-likeness (QED) is 0.888. The van der Waals surface area contributed by atoms with E-state index in [4.69, 9.17) is 10.5 Å². The number of methoxy groups -OCH3 is 1. The predicted molar refractivity (Wildman–Crippen MR) is 75.8 cm³/mol. The van der Waals surface area contributed by atoms with E-state index in [9.17, 15) is 0 Å². The highest BCUT2D eigenvalue weighted by Gasteiger charge is 2.31. The third kappa shape index (κ3) is 3.03. The smallest absolute Gasteiger partial charge is 0.191 e. The van der Waals surface area contributed by atoms with Gasteiger partial charge in [0, 0.05) is 12.0 Å². The summed E-state index contributed by atoms with van der Waals surface area (Å²) >= 11 is 1.75. The van der Waals surface area contributed by atoms with Crippen LogP contribution in [-0.4, -0.2) is 36.2 Å². The Morgan fingerprint density at radius 1 is 1.61 bits per heavy atom. The Balaban J connectivity index is 2.03. The second kappa shape index (κ2) is 5.28. The average molecular weight is 267 g/mol. The molecule has 4 nitrogen and oxygen atoms in total. The van der Waals surface area contributed by atoms with Gasteiger partial charge in [-0.25, -0.2) is 0 Å². The van der Waals surface area contributed by atoms with Crippen molar-refractivity contribution in [3.05, 3.63) is 22.4 Å². The van der Waals surface area contributed by atoms with E-state index in [2.05, 4.69) is 41.3 Å². The third-order valence-electron chi connectivity index (χ3n) is 3.39. The highest BCUT2D eigenvalue weighted by Crippen LogP contribution is 2.24. The number of rotatable bonds is 5. The molecule has 0 aromatic carbocycles. The molecule has 1 aliphatic heterocycles. The van der Waals surface area contributed by atoms with E-state index in [-0.39, 0.29) is 5.60 Å². The van der Waals surface area contributed by atoms with Crippen molar-refractivity contribution in [1.82, 2.24) is 4.90 Å². The van der Waals surface area contributed by atoms with Gasteiger partial charge in [0.2, 0.25) is 0 Å². The van der Waals surface area contributed by atoms with Gasteiger partial charge in [-0.15, -0.1) is 11.3 Å². The number of ether oxygens (including phenoxy) is 1. The Kier molecular flexibility index (Phi) is 3.92. The third-order valence-corrected chi connectivity index (χ3v) is 4.25. The highest BCUT2D eigenvalue weighted by atomic mass is 32.1. The number of aliphatic imine (C=N–C) groups is 1. The van der Waals surface area contributed by atoms with Crippen LogP contribution in [-0.2, 0) is 11.3 Å². The van der Waals surface area contributed by atoms with Crippen molar-refractivity contribution in [3.8, 4) is 0 Å². The van der Waals surface area contributed by atoms with Gasteiger partial charge in [0.15, 0.2) is 5.96 Å². The maximum Gasteiger partial charge on any atom is 0.191 e. The van der Waals surface area contributed by atoms with Gasteiger partial charge in [-0.2, -0.15) is 0 Å². The molecule has 0 radical (unpaired) electrons. The highest BCUT2D eigenvalue weighted by molar-refractivity contribution is 7.09. The lowest BCUT2D eigenvalue weighted by Gasteiger charge is -2.32. The zero-order valence-corrected chi connectivity index (χ0v) is 12.0. The van der Waals surface area contributed by atoms with Crippen LogP contribution in [0.25, 0.3) is 0 Å². The summed E-state index contributed by atoms with van der Waals surface area (Å²) in [5.41, 5.74) is 5.85. The number of hydrogen-bond acceptors (Lipinski definition) is 5. The Labute approximate surface area is 112 Å². The van der Waals surface area contributed by atoms with Crippen LogP contribution in [0.4, 0.5) is 0 Å². The fraction of sp³-hybridized carbons (Fsp3) is 0.615. The number of nitrogens with two attached hydrogens (primary N) is 1. The summed E-state index contributed by atoms with van der Waals surface area (Å²) in [4.78, 5) is 7.87. The Morgan fingerprint density at radius 2 is 2.39 bits per heavy atom. The molecule has 2 heterocycles. The first-order valence-corrected chi connectivity index (χ1v) is 7.04. The van der Waals surface area contributed by atoms with Gasteiger partial charge >= 0.3 is 0 Å². The Bertz CT molecular complexity index is 414. The van der Waals surface area contributed by atoms with Crippen molar-refractivity contribution in [2.24, 2.45) is 10.7 Å². The van der Waals surface area contributed by atoms with Crippen molar-refractivity contribution < 1.29 is 4.74 Å². The Hall–Kier alpha value is -1.07. The van der Waals surface area contributed by atoms with Crippen molar-refractivity contribution in [1.29, 1.82) is 0 Å². The number of nitrogens with zero attached hydrogens (tertiary/aromatic N) is 2. The molecule has 1 atom stereocenters. The Morgan fingerprint density at radius 3 is 3.00 bits per heavy atom. The van der Waals surface area contributed by atoms with Gasteiger partial charge in [-0.3, -0.25) is 4.99 Å². The van der Waals surface area contributed by atoms with Crippen LogP contribution in [0, 0.1) is 0 Å². The molecule has 0 fully saturated rings. The summed E-state index contributed by atoms with van der Waals surface area (Å²) < 4.78 is 5.50. The van der Waals surface area contributed by atoms with Crippen LogP contribution in [0.2, 0.25) is 0 Å². The van der Waals surface area contributed by atoms with Crippen molar-refractivity contribution in [2.45, 2.75) is 38.5 Å². The molecule has 100 valence electrons. The minimum atomic E-state index is -0.140. The van der Waals surface area contributed by atoms with E-state index >= 15 is 0 Å². The van der Waals surface area contributed by atoms with E-state index in [1.807, 2.05) is 0 Å². The van der Waals surface area contributed by atoms with Crippen LogP contribution < -0.4 is 5.73 Å². The fourth-order valence-electron chi connectivity index (χ4n) is 2.18. The lowest BCUT2D eigenvalue weighted by molar-refractivity contribution is 0.000973. The largest absolute Gasteiger partial charge is 0.379 e. The SMILES string of the molecule is COC(C)(C)CC1CN=C(N)N1Cc1cccs1. The molecular weight excluding hydrogens is 246 g/mol. The molecule has 0 amide bonds. The lowest BCUT2D eigenvalue weighted by atomic mass is 9.98. The summed E-state index contributed by atoms with van der Waals surface area (Å²) in [5.74, 6) is 0.653. The van der Waals surface area contributed by atoms with Crippen LogP contribution in [0.1, 0.15) is 25.1 Å². The lowest BCUT2D eigenvalue weighted by Crippen LogP contribution is -2.43. The summed E-state index contributed by atoms with van der Waals surface area (Å²) in [6.45, 7) is 5.82. The second-order valence-electron chi connectivity index (χ2n) is 5.23. The van der Waals surface area contributed by atoms with E-state index in [1.165, 1.54) is 4.88 Å². The van der Waals surface area contributed by atoms with Gasteiger partial charge < -0.3 is 15.4 Å². The van der Waals surface area contributed by atoms with Gasteiger partial charge in [0.1, 0.15) is 0 Å². The number of thiophene rings is 1. The maximum atomic E-state index is 5.99. The maximum absolute atomic E-state index is 5.99. The van der Waals surface area contributed by atoms with Gasteiger partial charge in [0.05, 0.1) is 24.7 Å². The fourth-order valence-corrected chi connectivity index (χ4v) is 2.88. The van der Waals surface area contributed by atoms with E-state index in [1.54, 1.807) is 18.4 Å². The van der Waals surface area contributed by atoms with Crippen LogP contribution in [0.3, 0.4) is 0 Å². The molecule has 1 aliphatic rings. The summed E-state index contributed by atoms with van der Waals surface area (Å²) in [6.07, 6.45) is 0.930. The molecule has 2 N–H and O–H groups in total. The molecule has 2 rings (SSSR count). The molecule has 0 bridgehead atoms. The molecule has 1 aromatic rings. The van der Waals surface area contributed by atoms with Crippen LogP contribution in [0.5, 0.6) is 0 Å². The zero-order valence-electron chi connectivity index (χ0n) is 11.2. The van der Waals surface area contributed by atoms with Crippen LogP contribution in [0.15, 0.2) is 22.5 Å². The number of hydrogen-bond donors (Lipinski definition) is 1. The van der Waals surface area contributed by atoms with Crippen molar-refractivity contribution in [3.63, 3.8) is 0 Å². The minimum Gasteiger partial charge on any atom is -0.379 e. The molecule has 5 heteroatoms. The minimum absolute atomic E-state index is 0.140. The van der Waals surface area contributed by atoms with Gasteiger partial charge in [-0.05, 0) is 31.7 Å². The molecule has 0 saturated heterocycles. The molecule has 0 aliphatic carbocycles. The predicted octanol–water partition coefficient (Wildman–Crippen LogP) is 2.06.